The number of benzene rings is 1. The van der Waals surface area contributed by atoms with Crippen LogP contribution in [0.4, 0.5) is 0 Å². The molecule has 1 atom stereocenters. The monoisotopic (exact) mass is 238 g/mol. The third-order valence-corrected chi connectivity index (χ3v) is 3.71. The van der Waals surface area contributed by atoms with Crippen LogP contribution in [0.25, 0.3) is 0 Å². The molecule has 0 radical (unpaired) electrons. The lowest BCUT2D eigenvalue weighted by atomic mass is 9.97. The van der Waals surface area contributed by atoms with Gasteiger partial charge in [0, 0.05) is 6.61 Å². The van der Waals surface area contributed by atoms with Gasteiger partial charge in [-0.05, 0) is 42.8 Å². The normalized spacial score (nSPS) is 12.7. The summed E-state index contributed by atoms with van der Waals surface area (Å²) >= 11 is 1.95. The van der Waals surface area contributed by atoms with Crippen molar-refractivity contribution in [2.45, 2.75) is 26.7 Å². The second-order valence-corrected chi connectivity index (χ2v) is 5.62. The number of aryl methyl sites for hydroxylation is 1. The highest BCUT2D eigenvalue weighted by Crippen LogP contribution is 2.15. The van der Waals surface area contributed by atoms with Crippen molar-refractivity contribution < 1.29 is 5.11 Å². The Morgan fingerprint density at radius 1 is 1.25 bits per heavy atom. The van der Waals surface area contributed by atoms with Gasteiger partial charge in [0.2, 0.25) is 0 Å². The Kier molecular flexibility index (Phi) is 6.58. The van der Waals surface area contributed by atoms with Gasteiger partial charge in [0.1, 0.15) is 0 Å². The maximum absolute atomic E-state index is 9.33. The van der Waals surface area contributed by atoms with E-state index in [1.54, 1.807) is 0 Å². The molecule has 0 aliphatic rings. The molecule has 90 valence electrons. The lowest BCUT2D eigenvalue weighted by molar-refractivity contribution is 0.223. The van der Waals surface area contributed by atoms with E-state index in [0.29, 0.717) is 12.5 Å². The Hall–Kier alpha value is -0.470. The zero-order valence-corrected chi connectivity index (χ0v) is 11.1. The van der Waals surface area contributed by atoms with Crippen LogP contribution in [-0.2, 0) is 6.42 Å². The van der Waals surface area contributed by atoms with E-state index < -0.39 is 0 Å². The largest absolute Gasteiger partial charge is 0.396 e. The topological polar surface area (TPSA) is 20.2 Å². The van der Waals surface area contributed by atoms with Crippen molar-refractivity contribution in [1.29, 1.82) is 0 Å². The highest BCUT2D eigenvalue weighted by Gasteiger charge is 2.08. The van der Waals surface area contributed by atoms with Crippen molar-refractivity contribution in [3.8, 4) is 0 Å². The highest BCUT2D eigenvalue weighted by atomic mass is 32.2. The van der Waals surface area contributed by atoms with E-state index in [-0.39, 0.29) is 0 Å². The van der Waals surface area contributed by atoms with E-state index in [1.807, 2.05) is 11.8 Å². The Balaban J connectivity index is 2.40. The van der Waals surface area contributed by atoms with Crippen molar-refractivity contribution in [3.05, 3.63) is 35.4 Å². The van der Waals surface area contributed by atoms with Gasteiger partial charge >= 0.3 is 0 Å². The van der Waals surface area contributed by atoms with Crippen LogP contribution in [0, 0.1) is 12.8 Å². The number of thioether (sulfide) groups is 1. The first-order valence-corrected chi connectivity index (χ1v) is 7.16. The Morgan fingerprint density at radius 2 is 1.94 bits per heavy atom. The predicted octanol–water partition coefficient (Wildman–Crippen LogP) is 3.29. The fourth-order valence-electron chi connectivity index (χ4n) is 1.71. The summed E-state index contributed by atoms with van der Waals surface area (Å²) in [6, 6.07) is 8.63. The molecule has 1 rings (SSSR count). The fourth-order valence-corrected chi connectivity index (χ4v) is 2.50. The SMILES string of the molecule is CCSCCC(CO)Cc1ccc(C)cc1. The molecule has 0 spiro atoms. The first-order chi connectivity index (χ1) is 7.76. The van der Waals surface area contributed by atoms with Crippen LogP contribution in [0.15, 0.2) is 24.3 Å². The zero-order valence-electron chi connectivity index (χ0n) is 10.3. The van der Waals surface area contributed by atoms with Crippen molar-refractivity contribution in [2.75, 3.05) is 18.1 Å². The van der Waals surface area contributed by atoms with Crippen LogP contribution in [-0.4, -0.2) is 23.2 Å². The van der Waals surface area contributed by atoms with Crippen LogP contribution in [0.3, 0.4) is 0 Å². The van der Waals surface area contributed by atoms with Crippen LogP contribution in [0.2, 0.25) is 0 Å². The van der Waals surface area contributed by atoms with E-state index in [4.69, 9.17) is 0 Å². The lowest BCUT2D eigenvalue weighted by Crippen LogP contribution is -2.10. The molecule has 16 heavy (non-hydrogen) atoms. The van der Waals surface area contributed by atoms with Crippen molar-refractivity contribution in [1.82, 2.24) is 0 Å². The average Bonchev–Trinajstić information content (AvgIpc) is 2.31. The van der Waals surface area contributed by atoms with Crippen molar-refractivity contribution >= 4 is 11.8 Å². The van der Waals surface area contributed by atoms with E-state index in [0.717, 1.165) is 18.6 Å². The van der Waals surface area contributed by atoms with Gasteiger partial charge in [-0.25, -0.2) is 0 Å². The summed E-state index contributed by atoms with van der Waals surface area (Å²) < 4.78 is 0. The number of hydrogen-bond donors (Lipinski definition) is 1. The standard InChI is InChI=1S/C14H22OS/c1-3-16-9-8-14(11-15)10-13-6-4-12(2)5-7-13/h4-7,14-15H,3,8-11H2,1-2H3. The quantitative estimate of drug-likeness (QED) is 0.736. The lowest BCUT2D eigenvalue weighted by Gasteiger charge is -2.13. The van der Waals surface area contributed by atoms with Crippen molar-refractivity contribution in [2.24, 2.45) is 5.92 Å². The molecule has 2 heteroatoms. The van der Waals surface area contributed by atoms with Crippen molar-refractivity contribution in [3.63, 3.8) is 0 Å². The van der Waals surface area contributed by atoms with Gasteiger partial charge in [0.05, 0.1) is 0 Å². The number of hydrogen-bond acceptors (Lipinski definition) is 2. The van der Waals surface area contributed by atoms with Crippen LogP contribution in [0.5, 0.6) is 0 Å². The van der Waals surface area contributed by atoms with E-state index >= 15 is 0 Å². The van der Waals surface area contributed by atoms with Crippen LogP contribution in [0.1, 0.15) is 24.5 Å². The zero-order chi connectivity index (χ0) is 11.8. The Morgan fingerprint density at radius 3 is 2.50 bits per heavy atom. The summed E-state index contributed by atoms with van der Waals surface area (Å²) in [4.78, 5) is 0. The molecule has 1 aromatic rings. The van der Waals surface area contributed by atoms with Gasteiger partial charge in [-0.1, -0.05) is 36.8 Å². The molecule has 1 nitrogen and oxygen atoms in total. The minimum Gasteiger partial charge on any atom is -0.396 e. The van der Waals surface area contributed by atoms with Gasteiger partial charge in [-0.2, -0.15) is 11.8 Å². The van der Waals surface area contributed by atoms with Gasteiger partial charge in [0.15, 0.2) is 0 Å². The second kappa shape index (κ2) is 7.75. The molecule has 1 N–H and O–H groups in total. The summed E-state index contributed by atoms with van der Waals surface area (Å²) in [5.74, 6) is 2.75. The maximum Gasteiger partial charge on any atom is 0.0462 e. The predicted molar refractivity (Wildman–Crippen MR) is 73.1 cm³/mol. The summed E-state index contributed by atoms with van der Waals surface area (Å²) in [7, 11) is 0. The molecule has 1 aromatic carbocycles. The van der Waals surface area contributed by atoms with Crippen LogP contribution >= 0.6 is 11.8 Å². The van der Waals surface area contributed by atoms with Gasteiger partial charge in [-0.3, -0.25) is 0 Å². The third-order valence-electron chi connectivity index (χ3n) is 2.78. The highest BCUT2D eigenvalue weighted by molar-refractivity contribution is 7.99. The van der Waals surface area contributed by atoms with E-state index in [2.05, 4.69) is 38.1 Å². The molecule has 0 saturated heterocycles. The third kappa shape index (κ3) is 5.04. The van der Waals surface area contributed by atoms with E-state index in [9.17, 15) is 5.11 Å². The molecule has 0 aliphatic carbocycles. The molecule has 0 saturated carbocycles. The fraction of sp³-hybridized carbons (Fsp3) is 0.571. The van der Waals surface area contributed by atoms with Gasteiger partial charge in [0.25, 0.3) is 0 Å². The molecule has 1 unspecified atom stereocenters. The van der Waals surface area contributed by atoms with Gasteiger partial charge < -0.3 is 5.11 Å². The Bertz CT molecular complexity index is 281. The molecule has 0 amide bonds. The first-order valence-electron chi connectivity index (χ1n) is 6.00. The number of rotatable bonds is 7. The first kappa shape index (κ1) is 13.6. The smallest absolute Gasteiger partial charge is 0.0462 e. The summed E-state index contributed by atoms with van der Waals surface area (Å²) in [6.45, 7) is 4.59. The molecule has 0 bridgehead atoms. The van der Waals surface area contributed by atoms with E-state index in [1.165, 1.54) is 16.9 Å². The minimum atomic E-state index is 0.304. The van der Waals surface area contributed by atoms with Crippen LogP contribution < -0.4 is 0 Å². The Labute approximate surface area is 103 Å². The van der Waals surface area contributed by atoms with Gasteiger partial charge in [-0.15, -0.1) is 0 Å². The molecule has 0 aliphatic heterocycles. The molecule has 0 fully saturated rings. The average molecular weight is 238 g/mol. The summed E-state index contributed by atoms with van der Waals surface area (Å²) in [5.41, 5.74) is 2.64. The maximum atomic E-state index is 9.33. The molecule has 0 aromatic heterocycles. The summed E-state index contributed by atoms with van der Waals surface area (Å²) in [5, 5.41) is 9.33. The minimum absolute atomic E-state index is 0.304. The summed E-state index contributed by atoms with van der Waals surface area (Å²) in [6.07, 6.45) is 2.12. The number of aliphatic hydroxyl groups excluding tert-OH is 1. The second-order valence-electron chi connectivity index (χ2n) is 4.22. The molecular formula is C14H22OS. The number of aliphatic hydroxyl groups is 1. The molecular weight excluding hydrogens is 216 g/mol. The molecule has 0 heterocycles.